The van der Waals surface area contributed by atoms with E-state index in [0.717, 1.165) is 29.5 Å². The Morgan fingerprint density at radius 1 is 1.44 bits per heavy atom. The molecule has 1 aliphatic carbocycles. The van der Waals surface area contributed by atoms with Crippen LogP contribution in [0.15, 0.2) is 6.33 Å². The average molecular weight is 286 g/mol. The van der Waals surface area contributed by atoms with Gasteiger partial charge in [-0.05, 0) is 24.8 Å². The van der Waals surface area contributed by atoms with Crippen molar-refractivity contribution in [2.75, 3.05) is 0 Å². The highest BCUT2D eigenvalue weighted by Crippen LogP contribution is 2.37. The zero-order valence-corrected chi connectivity index (χ0v) is 11.0. The van der Waals surface area contributed by atoms with E-state index in [2.05, 4.69) is 15.3 Å². The zero-order chi connectivity index (χ0) is 12.7. The molecule has 7 heteroatoms. The summed E-state index contributed by atoms with van der Waals surface area (Å²) in [6, 6.07) is 0.0808. The van der Waals surface area contributed by atoms with Crippen LogP contribution in [0.4, 0.5) is 0 Å². The molecular weight excluding hydrogens is 274 g/mol. The summed E-state index contributed by atoms with van der Waals surface area (Å²) in [5, 5.41) is 22.1. The second-order valence-electron chi connectivity index (χ2n) is 4.33. The SMILES string of the molecule is OC(O)NC1CCc2c(sc3ncnc(Cl)c23)C1. The van der Waals surface area contributed by atoms with E-state index in [9.17, 15) is 0 Å². The van der Waals surface area contributed by atoms with Crippen LogP contribution in [0.25, 0.3) is 10.2 Å². The molecule has 2 aromatic rings. The summed E-state index contributed by atoms with van der Waals surface area (Å²) in [5.41, 5.74) is 1.21. The predicted molar refractivity (Wildman–Crippen MR) is 69.6 cm³/mol. The van der Waals surface area contributed by atoms with Gasteiger partial charge in [-0.15, -0.1) is 11.3 Å². The van der Waals surface area contributed by atoms with Crippen LogP contribution in [0.2, 0.25) is 5.15 Å². The summed E-state index contributed by atoms with van der Waals surface area (Å²) in [7, 11) is 0. The molecule has 0 aliphatic heterocycles. The van der Waals surface area contributed by atoms with Gasteiger partial charge in [0.05, 0.1) is 5.39 Å². The average Bonchev–Trinajstić information content (AvgIpc) is 2.66. The van der Waals surface area contributed by atoms with E-state index >= 15 is 0 Å². The fourth-order valence-corrected chi connectivity index (χ4v) is 4.00. The topological polar surface area (TPSA) is 78.3 Å². The molecule has 96 valence electrons. The summed E-state index contributed by atoms with van der Waals surface area (Å²) >= 11 is 7.72. The van der Waals surface area contributed by atoms with Crippen LogP contribution in [0, 0.1) is 0 Å². The number of aromatic nitrogens is 2. The molecule has 1 aliphatic rings. The normalized spacial score (nSPS) is 19.4. The Hall–Kier alpha value is -0.790. The Labute approximate surface area is 112 Å². The highest BCUT2D eigenvalue weighted by atomic mass is 35.5. The monoisotopic (exact) mass is 285 g/mol. The van der Waals surface area contributed by atoms with E-state index in [4.69, 9.17) is 21.8 Å². The molecule has 0 amide bonds. The van der Waals surface area contributed by atoms with Crippen LogP contribution in [0.1, 0.15) is 16.9 Å². The molecule has 3 N–H and O–H groups in total. The zero-order valence-electron chi connectivity index (χ0n) is 9.43. The molecule has 0 saturated carbocycles. The van der Waals surface area contributed by atoms with Gasteiger partial charge in [0, 0.05) is 10.9 Å². The minimum atomic E-state index is -1.46. The van der Waals surface area contributed by atoms with Crippen LogP contribution in [-0.2, 0) is 12.8 Å². The molecule has 5 nitrogen and oxygen atoms in total. The van der Waals surface area contributed by atoms with E-state index in [1.54, 1.807) is 11.3 Å². The Kier molecular flexibility index (Phi) is 3.21. The number of aliphatic hydroxyl groups is 2. The lowest BCUT2D eigenvalue weighted by Gasteiger charge is -2.24. The lowest BCUT2D eigenvalue weighted by molar-refractivity contribution is -0.0742. The van der Waals surface area contributed by atoms with E-state index in [-0.39, 0.29) is 6.04 Å². The Balaban J connectivity index is 1.98. The number of aryl methyl sites for hydroxylation is 1. The molecule has 0 spiro atoms. The van der Waals surface area contributed by atoms with E-state index in [1.165, 1.54) is 16.8 Å². The highest BCUT2D eigenvalue weighted by Gasteiger charge is 2.25. The molecule has 1 unspecified atom stereocenters. The number of nitrogens with one attached hydrogen (secondary N) is 1. The molecule has 1 atom stereocenters. The minimum Gasteiger partial charge on any atom is -0.356 e. The number of hydrogen-bond acceptors (Lipinski definition) is 6. The molecule has 18 heavy (non-hydrogen) atoms. The molecule has 0 bridgehead atoms. The van der Waals surface area contributed by atoms with Gasteiger partial charge in [0.1, 0.15) is 16.3 Å². The first-order valence-electron chi connectivity index (χ1n) is 5.68. The molecule has 0 saturated heterocycles. The number of halogens is 1. The van der Waals surface area contributed by atoms with Crippen molar-refractivity contribution >= 4 is 33.2 Å². The second kappa shape index (κ2) is 4.71. The quantitative estimate of drug-likeness (QED) is 0.568. The third-order valence-corrected chi connectivity index (χ3v) is 4.63. The van der Waals surface area contributed by atoms with Gasteiger partial charge in [-0.1, -0.05) is 11.6 Å². The van der Waals surface area contributed by atoms with Crippen molar-refractivity contribution in [2.24, 2.45) is 0 Å². The van der Waals surface area contributed by atoms with Gasteiger partial charge in [0.25, 0.3) is 0 Å². The molecule has 0 fully saturated rings. The minimum absolute atomic E-state index is 0.0808. The molecule has 2 heterocycles. The maximum atomic E-state index is 8.94. The molecule has 3 rings (SSSR count). The standard InChI is InChI=1S/C11H12ClN3O2S/c12-9-8-6-2-1-5(15-11(16)17)3-7(6)18-10(8)14-4-13-9/h4-5,11,15-17H,1-3H2. The largest absolute Gasteiger partial charge is 0.356 e. The van der Waals surface area contributed by atoms with E-state index < -0.39 is 6.41 Å². The Bertz CT molecular complexity index is 587. The van der Waals surface area contributed by atoms with Crippen molar-refractivity contribution in [3.63, 3.8) is 0 Å². The van der Waals surface area contributed by atoms with E-state index in [0.29, 0.717) is 5.15 Å². The summed E-state index contributed by atoms with van der Waals surface area (Å²) in [6.07, 6.45) is 2.48. The van der Waals surface area contributed by atoms with Gasteiger partial charge in [-0.2, -0.15) is 0 Å². The molecule has 2 aromatic heterocycles. The second-order valence-corrected chi connectivity index (χ2v) is 5.77. The summed E-state index contributed by atoms with van der Waals surface area (Å²) < 4.78 is 0. The highest BCUT2D eigenvalue weighted by molar-refractivity contribution is 7.19. The summed E-state index contributed by atoms with van der Waals surface area (Å²) in [4.78, 5) is 10.4. The van der Waals surface area contributed by atoms with Crippen molar-refractivity contribution < 1.29 is 10.2 Å². The lowest BCUT2D eigenvalue weighted by Crippen LogP contribution is -2.41. The summed E-state index contributed by atoms with van der Waals surface area (Å²) in [6.45, 7) is 0. The number of nitrogens with zero attached hydrogens (tertiary/aromatic N) is 2. The van der Waals surface area contributed by atoms with Gasteiger partial charge >= 0.3 is 0 Å². The van der Waals surface area contributed by atoms with E-state index in [1.807, 2.05) is 0 Å². The number of hydrogen-bond donors (Lipinski definition) is 3. The fourth-order valence-electron chi connectivity index (χ4n) is 2.42. The number of aliphatic hydroxyl groups excluding tert-OH is 1. The van der Waals surface area contributed by atoms with Crippen molar-refractivity contribution in [3.8, 4) is 0 Å². The molecule has 0 radical (unpaired) electrons. The first kappa shape index (κ1) is 12.3. The third kappa shape index (κ3) is 2.10. The van der Waals surface area contributed by atoms with Crippen LogP contribution in [-0.4, -0.2) is 32.6 Å². The van der Waals surface area contributed by atoms with Gasteiger partial charge in [-0.3, -0.25) is 5.32 Å². The number of thiophene rings is 1. The van der Waals surface area contributed by atoms with Crippen LogP contribution in [0.3, 0.4) is 0 Å². The van der Waals surface area contributed by atoms with Crippen molar-refractivity contribution in [1.29, 1.82) is 0 Å². The van der Waals surface area contributed by atoms with Crippen molar-refractivity contribution in [1.82, 2.24) is 15.3 Å². The third-order valence-electron chi connectivity index (χ3n) is 3.18. The molecule has 0 aromatic carbocycles. The Morgan fingerprint density at radius 3 is 3.06 bits per heavy atom. The van der Waals surface area contributed by atoms with Crippen LogP contribution < -0.4 is 5.32 Å². The van der Waals surface area contributed by atoms with Gasteiger partial charge in [-0.25, -0.2) is 9.97 Å². The summed E-state index contributed by atoms with van der Waals surface area (Å²) in [5.74, 6) is 0. The maximum absolute atomic E-state index is 8.94. The van der Waals surface area contributed by atoms with Crippen LogP contribution >= 0.6 is 22.9 Å². The van der Waals surface area contributed by atoms with Gasteiger partial charge < -0.3 is 10.2 Å². The van der Waals surface area contributed by atoms with Crippen molar-refractivity contribution in [3.05, 3.63) is 21.9 Å². The first-order chi connectivity index (χ1) is 8.65. The maximum Gasteiger partial charge on any atom is 0.211 e. The fraction of sp³-hybridized carbons (Fsp3) is 0.455. The van der Waals surface area contributed by atoms with Gasteiger partial charge in [0.2, 0.25) is 6.41 Å². The predicted octanol–water partition coefficient (Wildman–Crippen LogP) is 1.06. The number of fused-ring (bicyclic) bond motifs is 3. The smallest absolute Gasteiger partial charge is 0.211 e. The lowest BCUT2D eigenvalue weighted by atomic mass is 9.93. The Morgan fingerprint density at radius 2 is 2.28 bits per heavy atom. The van der Waals surface area contributed by atoms with Crippen LogP contribution in [0.5, 0.6) is 0 Å². The molecular formula is C11H12ClN3O2S. The number of rotatable bonds is 2. The first-order valence-corrected chi connectivity index (χ1v) is 6.87. The van der Waals surface area contributed by atoms with Gasteiger partial charge in [0.15, 0.2) is 0 Å². The van der Waals surface area contributed by atoms with Crippen molar-refractivity contribution in [2.45, 2.75) is 31.7 Å².